The number of aromatic nitrogens is 3. The smallest absolute Gasteiger partial charge is 0.230 e. The highest BCUT2D eigenvalue weighted by atomic mass is 35.5. The van der Waals surface area contributed by atoms with Crippen molar-refractivity contribution in [2.75, 3.05) is 18.0 Å². The fraction of sp³-hybridized carbons (Fsp3) is 0.400. The maximum atomic E-state index is 6.01. The van der Waals surface area contributed by atoms with Crippen LogP contribution in [0.5, 0.6) is 0 Å². The van der Waals surface area contributed by atoms with Crippen LogP contribution in [0.25, 0.3) is 0 Å². The molecule has 0 saturated carbocycles. The molecular weight excluding hydrogens is 304 g/mol. The summed E-state index contributed by atoms with van der Waals surface area (Å²) in [5, 5.41) is 0.914. The van der Waals surface area contributed by atoms with Crippen molar-refractivity contribution < 1.29 is 0 Å². The van der Waals surface area contributed by atoms with Gasteiger partial charge in [-0.2, -0.15) is 15.0 Å². The predicted octanol–water partition coefficient (Wildman–Crippen LogP) is 3.97. The van der Waals surface area contributed by atoms with E-state index in [1.807, 2.05) is 0 Å². The highest BCUT2D eigenvalue weighted by Gasteiger charge is 2.10. The molecular formula is C15H19ClN4S. The molecule has 0 aliphatic heterocycles. The standard InChI is InChI=1S/C15H19ClN4S/c1-4-20(5-2)14-17-13(16)18-15(19-14)21-10-12-8-6-7-11(3)9-12/h6-9H,4-5,10H2,1-3H3. The molecule has 1 aromatic carbocycles. The van der Waals surface area contributed by atoms with Crippen LogP contribution >= 0.6 is 23.4 Å². The lowest BCUT2D eigenvalue weighted by Gasteiger charge is -2.18. The summed E-state index contributed by atoms with van der Waals surface area (Å²) in [5.74, 6) is 1.46. The Bertz CT molecular complexity index is 602. The van der Waals surface area contributed by atoms with Crippen LogP contribution < -0.4 is 4.90 Å². The van der Waals surface area contributed by atoms with Gasteiger partial charge in [0.2, 0.25) is 11.2 Å². The zero-order chi connectivity index (χ0) is 15.2. The van der Waals surface area contributed by atoms with Gasteiger partial charge < -0.3 is 4.90 Å². The van der Waals surface area contributed by atoms with E-state index in [0.717, 1.165) is 18.8 Å². The number of nitrogens with zero attached hydrogens (tertiary/aromatic N) is 4. The van der Waals surface area contributed by atoms with Gasteiger partial charge in [-0.15, -0.1) is 0 Å². The van der Waals surface area contributed by atoms with Crippen LogP contribution in [0, 0.1) is 6.92 Å². The highest BCUT2D eigenvalue weighted by molar-refractivity contribution is 7.98. The monoisotopic (exact) mass is 322 g/mol. The normalized spacial score (nSPS) is 10.7. The largest absolute Gasteiger partial charge is 0.341 e. The molecule has 0 N–H and O–H groups in total. The van der Waals surface area contributed by atoms with E-state index in [2.05, 4.69) is 64.9 Å². The fourth-order valence-corrected chi connectivity index (χ4v) is 2.96. The van der Waals surface area contributed by atoms with Gasteiger partial charge in [0.1, 0.15) is 0 Å². The molecule has 0 radical (unpaired) electrons. The lowest BCUT2D eigenvalue weighted by molar-refractivity contribution is 0.782. The van der Waals surface area contributed by atoms with Gasteiger partial charge in [0, 0.05) is 18.8 Å². The summed E-state index contributed by atoms with van der Waals surface area (Å²) < 4.78 is 0. The molecule has 0 amide bonds. The fourth-order valence-electron chi connectivity index (χ4n) is 1.98. The SMILES string of the molecule is CCN(CC)c1nc(Cl)nc(SCc2cccc(C)c2)n1. The summed E-state index contributed by atoms with van der Waals surface area (Å²) in [5.41, 5.74) is 2.51. The lowest BCUT2D eigenvalue weighted by atomic mass is 10.2. The number of halogens is 1. The second kappa shape index (κ2) is 7.61. The molecule has 0 aliphatic carbocycles. The summed E-state index contributed by atoms with van der Waals surface area (Å²) >= 11 is 7.59. The van der Waals surface area contributed by atoms with Crippen molar-refractivity contribution in [1.82, 2.24) is 15.0 Å². The number of thioether (sulfide) groups is 1. The van der Waals surface area contributed by atoms with Crippen molar-refractivity contribution in [3.8, 4) is 0 Å². The maximum absolute atomic E-state index is 6.01. The van der Waals surface area contributed by atoms with E-state index in [4.69, 9.17) is 11.6 Å². The molecule has 0 saturated heterocycles. The molecule has 4 nitrogen and oxygen atoms in total. The molecule has 0 spiro atoms. The molecule has 0 unspecified atom stereocenters. The zero-order valence-corrected chi connectivity index (χ0v) is 14.1. The molecule has 21 heavy (non-hydrogen) atoms. The molecule has 0 atom stereocenters. The molecule has 6 heteroatoms. The van der Waals surface area contributed by atoms with Crippen LogP contribution in [0.3, 0.4) is 0 Å². The van der Waals surface area contributed by atoms with E-state index < -0.39 is 0 Å². The van der Waals surface area contributed by atoms with Crippen molar-refractivity contribution in [2.45, 2.75) is 31.7 Å². The van der Waals surface area contributed by atoms with E-state index >= 15 is 0 Å². The Morgan fingerprint density at radius 1 is 1.14 bits per heavy atom. The first kappa shape index (κ1) is 16.0. The summed E-state index contributed by atoms with van der Waals surface area (Å²) in [6.07, 6.45) is 0. The van der Waals surface area contributed by atoms with Crippen molar-refractivity contribution >= 4 is 29.3 Å². The van der Waals surface area contributed by atoms with Gasteiger partial charge in [-0.25, -0.2) is 0 Å². The molecule has 2 aromatic rings. The van der Waals surface area contributed by atoms with Crippen LogP contribution in [0.4, 0.5) is 5.95 Å². The summed E-state index contributed by atoms with van der Waals surface area (Å²) in [7, 11) is 0. The molecule has 0 bridgehead atoms. The Hall–Kier alpha value is -1.33. The third kappa shape index (κ3) is 4.58. The van der Waals surface area contributed by atoms with Crippen LogP contribution in [0.15, 0.2) is 29.4 Å². The number of hydrogen-bond acceptors (Lipinski definition) is 5. The number of rotatable bonds is 6. The topological polar surface area (TPSA) is 41.9 Å². The Morgan fingerprint density at radius 2 is 1.90 bits per heavy atom. The van der Waals surface area contributed by atoms with E-state index in [-0.39, 0.29) is 5.28 Å². The average molecular weight is 323 g/mol. The van der Waals surface area contributed by atoms with Crippen LogP contribution in [-0.2, 0) is 5.75 Å². The van der Waals surface area contributed by atoms with Gasteiger partial charge in [0.05, 0.1) is 0 Å². The molecule has 0 fully saturated rings. The minimum atomic E-state index is 0.249. The Balaban J connectivity index is 2.13. The minimum Gasteiger partial charge on any atom is -0.341 e. The number of anilines is 1. The summed E-state index contributed by atoms with van der Waals surface area (Å²) in [4.78, 5) is 15.0. The Labute approximate surface area is 135 Å². The Kier molecular flexibility index (Phi) is 5.82. The first-order valence-electron chi connectivity index (χ1n) is 6.97. The summed E-state index contributed by atoms with van der Waals surface area (Å²) in [6, 6.07) is 8.43. The van der Waals surface area contributed by atoms with Crippen molar-refractivity contribution in [1.29, 1.82) is 0 Å². The second-order valence-corrected chi connectivity index (χ2v) is 5.92. The Morgan fingerprint density at radius 3 is 2.57 bits per heavy atom. The van der Waals surface area contributed by atoms with Gasteiger partial charge in [-0.3, -0.25) is 0 Å². The molecule has 0 aliphatic rings. The third-order valence-electron chi connectivity index (χ3n) is 3.07. The quantitative estimate of drug-likeness (QED) is 0.753. The molecule has 1 aromatic heterocycles. The highest BCUT2D eigenvalue weighted by Crippen LogP contribution is 2.22. The van der Waals surface area contributed by atoms with Gasteiger partial charge in [0.15, 0.2) is 5.16 Å². The first-order chi connectivity index (χ1) is 10.1. The first-order valence-corrected chi connectivity index (χ1v) is 8.33. The number of benzene rings is 1. The summed E-state index contributed by atoms with van der Waals surface area (Å²) in [6.45, 7) is 7.92. The van der Waals surface area contributed by atoms with Crippen molar-refractivity contribution in [3.05, 3.63) is 40.7 Å². The predicted molar refractivity (Wildman–Crippen MR) is 89.1 cm³/mol. The van der Waals surface area contributed by atoms with Crippen LogP contribution in [-0.4, -0.2) is 28.0 Å². The van der Waals surface area contributed by atoms with Crippen molar-refractivity contribution in [2.24, 2.45) is 0 Å². The zero-order valence-electron chi connectivity index (χ0n) is 12.5. The molecule has 2 rings (SSSR count). The van der Waals surface area contributed by atoms with Gasteiger partial charge in [-0.1, -0.05) is 41.6 Å². The van der Waals surface area contributed by atoms with Gasteiger partial charge in [-0.05, 0) is 37.9 Å². The maximum Gasteiger partial charge on any atom is 0.230 e. The van der Waals surface area contributed by atoms with E-state index in [9.17, 15) is 0 Å². The number of hydrogen-bond donors (Lipinski definition) is 0. The average Bonchev–Trinajstić information content (AvgIpc) is 2.46. The second-order valence-electron chi connectivity index (χ2n) is 4.64. The van der Waals surface area contributed by atoms with E-state index in [1.165, 1.54) is 11.1 Å². The van der Waals surface area contributed by atoms with Gasteiger partial charge in [0.25, 0.3) is 0 Å². The van der Waals surface area contributed by atoms with Crippen LogP contribution in [0.2, 0.25) is 5.28 Å². The lowest BCUT2D eigenvalue weighted by Crippen LogP contribution is -2.24. The van der Waals surface area contributed by atoms with E-state index in [1.54, 1.807) is 11.8 Å². The third-order valence-corrected chi connectivity index (χ3v) is 4.16. The molecule has 112 valence electrons. The number of aryl methyl sites for hydroxylation is 1. The molecule has 1 heterocycles. The van der Waals surface area contributed by atoms with E-state index in [0.29, 0.717) is 11.1 Å². The van der Waals surface area contributed by atoms with Crippen LogP contribution in [0.1, 0.15) is 25.0 Å². The van der Waals surface area contributed by atoms with Gasteiger partial charge >= 0.3 is 0 Å². The minimum absolute atomic E-state index is 0.249. The van der Waals surface area contributed by atoms with Crippen molar-refractivity contribution in [3.63, 3.8) is 0 Å².